The third-order valence-electron chi connectivity index (χ3n) is 3.13. The van der Waals surface area contributed by atoms with E-state index < -0.39 is 11.9 Å². The fourth-order valence-electron chi connectivity index (χ4n) is 2.14. The van der Waals surface area contributed by atoms with Crippen LogP contribution in [0.25, 0.3) is 0 Å². The third-order valence-corrected chi connectivity index (χ3v) is 3.13. The van der Waals surface area contributed by atoms with Crippen LogP contribution in [-0.2, 0) is 16.1 Å². The first-order chi connectivity index (χ1) is 8.56. The smallest absolute Gasteiger partial charge is 0.308 e. The highest BCUT2D eigenvalue weighted by Gasteiger charge is 2.29. The topological polar surface area (TPSA) is 77.8 Å². The quantitative estimate of drug-likeness (QED) is 0.844. The van der Waals surface area contributed by atoms with Gasteiger partial charge in [0.2, 0.25) is 5.91 Å². The number of aromatic hydroxyl groups is 1. The number of likely N-dealkylation sites (tertiary alicyclic amines) is 1. The van der Waals surface area contributed by atoms with E-state index in [1.165, 1.54) is 4.90 Å². The molecular weight excluding hydrogens is 234 g/mol. The van der Waals surface area contributed by atoms with Crippen molar-refractivity contribution in [1.82, 2.24) is 4.90 Å². The first-order valence-electron chi connectivity index (χ1n) is 5.85. The van der Waals surface area contributed by atoms with Crippen molar-refractivity contribution in [3.05, 3.63) is 29.8 Å². The van der Waals surface area contributed by atoms with Gasteiger partial charge in [0, 0.05) is 19.5 Å². The molecule has 96 valence electrons. The fraction of sp³-hybridized carbons (Fsp3) is 0.385. The van der Waals surface area contributed by atoms with Gasteiger partial charge in [0.1, 0.15) is 5.75 Å². The molecule has 1 aliphatic heterocycles. The summed E-state index contributed by atoms with van der Waals surface area (Å²) in [5.41, 5.74) is 0.800. The van der Waals surface area contributed by atoms with Crippen molar-refractivity contribution in [3.63, 3.8) is 0 Å². The van der Waals surface area contributed by atoms with Gasteiger partial charge in [0.15, 0.2) is 0 Å². The summed E-state index contributed by atoms with van der Waals surface area (Å²) in [5, 5.41) is 18.3. The molecule has 2 rings (SSSR count). The molecule has 1 aromatic rings. The van der Waals surface area contributed by atoms with Gasteiger partial charge in [-0.2, -0.15) is 0 Å². The molecule has 0 spiro atoms. The lowest BCUT2D eigenvalue weighted by atomic mass is 9.97. The molecule has 18 heavy (non-hydrogen) atoms. The summed E-state index contributed by atoms with van der Waals surface area (Å²) in [6, 6.07) is 6.64. The molecule has 0 radical (unpaired) electrons. The van der Waals surface area contributed by atoms with E-state index in [1.54, 1.807) is 24.3 Å². The molecule has 1 amide bonds. The fourth-order valence-corrected chi connectivity index (χ4v) is 2.14. The largest absolute Gasteiger partial charge is 0.508 e. The lowest BCUT2D eigenvalue weighted by Crippen LogP contribution is -2.41. The minimum atomic E-state index is -0.858. The Labute approximate surface area is 105 Å². The number of aliphatic carboxylic acids is 1. The Morgan fingerprint density at radius 1 is 1.44 bits per heavy atom. The second-order valence-electron chi connectivity index (χ2n) is 4.52. The summed E-state index contributed by atoms with van der Waals surface area (Å²) in [6.07, 6.45) is 0.681. The zero-order valence-corrected chi connectivity index (χ0v) is 9.87. The molecular formula is C13H15NO4. The van der Waals surface area contributed by atoms with Crippen LogP contribution in [0.5, 0.6) is 5.75 Å². The molecule has 0 aliphatic carbocycles. The lowest BCUT2D eigenvalue weighted by Gasteiger charge is -2.30. The maximum Gasteiger partial charge on any atom is 0.308 e. The molecule has 0 aromatic heterocycles. The van der Waals surface area contributed by atoms with Crippen LogP contribution in [0.4, 0.5) is 0 Å². The molecule has 5 nitrogen and oxygen atoms in total. The van der Waals surface area contributed by atoms with E-state index in [0.29, 0.717) is 13.0 Å². The van der Waals surface area contributed by atoms with Gasteiger partial charge in [-0.1, -0.05) is 12.1 Å². The van der Waals surface area contributed by atoms with Crippen molar-refractivity contribution in [3.8, 4) is 5.75 Å². The van der Waals surface area contributed by atoms with E-state index >= 15 is 0 Å². The number of phenolic OH excluding ortho intramolecular Hbond substituents is 1. The van der Waals surface area contributed by atoms with Crippen LogP contribution in [0.3, 0.4) is 0 Å². The van der Waals surface area contributed by atoms with E-state index in [1.807, 2.05) is 0 Å². The Kier molecular flexibility index (Phi) is 3.50. The second-order valence-corrected chi connectivity index (χ2v) is 4.52. The van der Waals surface area contributed by atoms with Crippen molar-refractivity contribution >= 4 is 11.9 Å². The number of amides is 1. The number of carbonyl (C=O) groups is 2. The van der Waals surface area contributed by atoms with E-state index in [-0.39, 0.29) is 24.6 Å². The number of rotatable bonds is 3. The van der Waals surface area contributed by atoms with E-state index in [4.69, 9.17) is 5.11 Å². The average molecular weight is 249 g/mol. The van der Waals surface area contributed by atoms with Gasteiger partial charge < -0.3 is 15.1 Å². The maximum absolute atomic E-state index is 11.7. The molecule has 1 fully saturated rings. The summed E-state index contributed by atoms with van der Waals surface area (Å²) >= 11 is 0. The molecule has 2 N–H and O–H groups in total. The molecule has 0 bridgehead atoms. The van der Waals surface area contributed by atoms with Gasteiger partial charge in [-0.05, 0) is 24.1 Å². The molecule has 1 unspecified atom stereocenters. The Hall–Kier alpha value is -2.04. The number of hydrogen-bond donors (Lipinski definition) is 2. The number of benzene rings is 1. The summed E-state index contributed by atoms with van der Waals surface area (Å²) in [4.78, 5) is 24.2. The van der Waals surface area contributed by atoms with Crippen LogP contribution in [0.2, 0.25) is 0 Å². The predicted molar refractivity (Wildman–Crippen MR) is 63.9 cm³/mol. The first kappa shape index (κ1) is 12.4. The van der Waals surface area contributed by atoms with Crippen molar-refractivity contribution in [2.45, 2.75) is 19.4 Å². The summed E-state index contributed by atoms with van der Waals surface area (Å²) in [7, 11) is 0. The predicted octanol–water partition coefficient (Wildman–Crippen LogP) is 1.22. The zero-order chi connectivity index (χ0) is 13.1. The zero-order valence-electron chi connectivity index (χ0n) is 9.87. The van der Waals surface area contributed by atoms with Crippen molar-refractivity contribution in [1.29, 1.82) is 0 Å². The Morgan fingerprint density at radius 2 is 2.22 bits per heavy atom. The van der Waals surface area contributed by atoms with Crippen LogP contribution < -0.4 is 0 Å². The summed E-state index contributed by atoms with van der Waals surface area (Å²) < 4.78 is 0. The normalized spacial score (nSPS) is 19.9. The van der Waals surface area contributed by atoms with Gasteiger partial charge in [-0.15, -0.1) is 0 Å². The highest BCUT2D eigenvalue weighted by molar-refractivity contribution is 5.80. The number of nitrogens with zero attached hydrogens (tertiary/aromatic N) is 1. The highest BCUT2D eigenvalue weighted by atomic mass is 16.4. The third kappa shape index (κ3) is 2.80. The Morgan fingerprint density at radius 3 is 2.89 bits per heavy atom. The van der Waals surface area contributed by atoms with E-state index in [2.05, 4.69) is 0 Å². The SMILES string of the molecule is O=C(O)C1CCC(=O)N(Cc2cccc(O)c2)C1. The maximum atomic E-state index is 11.7. The number of carboxylic acids is 1. The highest BCUT2D eigenvalue weighted by Crippen LogP contribution is 2.21. The van der Waals surface area contributed by atoms with Crippen LogP contribution in [0.15, 0.2) is 24.3 Å². The van der Waals surface area contributed by atoms with Crippen molar-refractivity contribution in [2.24, 2.45) is 5.92 Å². The Bertz CT molecular complexity index is 472. The van der Waals surface area contributed by atoms with Crippen LogP contribution in [0.1, 0.15) is 18.4 Å². The number of carbonyl (C=O) groups excluding carboxylic acids is 1. The Balaban J connectivity index is 2.07. The summed E-state index contributed by atoms with van der Waals surface area (Å²) in [5.74, 6) is -1.23. The van der Waals surface area contributed by atoms with Crippen LogP contribution >= 0.6 is 0 Å². The molecule has 5 heteroatoms. The van der Waals surface area contributed by atoms with E-state index in [0.717, 1.165) is 5.56 Å². The molecule has 1 aliphatic rings. The van der Waals surface area contributed by atoms with Crippen LogP contribution in [0, 0.1) is 5.92 Å². The first-order valence-corrected chi connectivity index (χ1v) is 5.85. The molecule has 1 heterocycles. The van der Waals surface area contributed by atoms with Gasteiger partial charge in [-0.3, -0.25) is 9.59 Å². The number of carboxylic acid groups (broad SMARTS) is 1. The standard InChI is InChI=1S/C13H15NO4/c15-11-3-1-2-9(6-11)7-14-8-10(13(17)18)4-5-12(14)16/h1-3,6,10,15H,4-5,7-8H2,(H,17,18). The van der Waals surface area contributed by atoms with Crippen molar-refractivity contribution in [2.75, 3.05) is 6.54 Å². The monoisotopic (exact) mass is 249 g/mol. The minimum absolute atomic E-state index is 0.0316. The number of piperidine rings is 1. The minimum Gasteiger partial charge on any atom is -0.508 e. The van der Waals surface area contributed by atoms with Crippen LogP contribution in [-0.4, -0.2) is 33.5 Å². The number of hydrogen-bond acceptors (Lipinski definition) is 3. The summed E-state index contributed by atoms with van der Waals surface area (Å²) in [6.45, 7) is 0.584. The number of phenols is 1. The van der Waals surface area contributed by atoms with Gasteiger partial charge >= 0.3 is 5.97 Å². The van der Waals surface area contributed by atoms with Crippen molar-refractivity contribution < 1.29 is 19.8 Å². The molecule has 0 saturated carbocycles. The second kappa shape index (κ2) is 5.08. The molecule has 1 aromatic carbocycles. The van der Waals surface area contributed by atoms with Gasteiger partial charge in [-0.25, -0.2) is 0 Å². The van der Waals surface area contributed by atoms with Gasteiger partial charge in [0.25, 0.3) is 0 Å². The van der Waals surface area contributed by atoms with Gasteiger partial charge in [0.05, 0.1) is 5.92 Å². The molecule has 1 saturated heterocycles. The molecule has 1 atom stereocenters. The lowest BCUT2D eigenvalue weighted by molar-refractivity contribution is -0.147. The average Bonchev–Trinajstić information content (AvgIpc) is 2.31. The van der Waals surface area contributed by atoms with E-state index in [9.17, 15) is 14.7 Å².